The van der Waals surface area contributed by atoms with Gasteiger partial charge < -0.3 is 5.73 Å². The standard InChI is InChI=1S/C21H18N4O/c1-14-2-4-15(5-3-14)12-25-13-24-19-8-6-16(10-18(19)21(25)26)17-7-9-20(22)23-11-17/h2-11,13H,12H2,1H3,(H2,22,23). The Morgan fingerprint density at radius 3 is 2.46 bits per heavy atom. The topological polar surface area (TPSA) is 73.8 Å². The number of nitrogens with two attached hydrogens (primary N) is 1. The summed E-state index contributed by atoms with van der Waals surface area (Å²) in [6, 6.07) is 17.4. The van der Waals surface area contributed by atoms with Crippen molar-refractivity contribution < 1.29 is 0 Å². The van der Waals surface area contributed by atoms with Crippen LogP contribution in [-0.4, -0.2) is 14.5 Å². The fourth-order valence-electron chi connectivity index (χ4n) is 2.92. The van der Waals surface area contributed by atoms with Gasteiger partial charge in [0.15, 0.2) is 0 Å². The molecular weight excluding hydrogens is 324 g/mol. The maximum Gasteiger partial charge on any atom is 0.261 e. The van der Waals surface area contributed by atoms with E-state index < -0.39 is 0 Å². The van der Waals surface area contributed by atoms with Gasteiger partial charge in [0.2, 0.25) is 0 Å². The van der Waals surface area contributed by atoms with Crippen molar-refractivity contribution in [1.29, 1.82) is 0 Å². The lowest BCUT2D eigenvalue weighted by atomic mass is 10.1. The molecule has 0 bridgehead atoms. The Balaban J connectivity index is 1.77. The van der Waals surface area contributed by atoms with Gasteiger partial charge in [-0.1, -0.05) is 35.9 Å². The number of aryl methyl sites for hydroxylation is 1. The Labute approximate surface area is 150 Å². The zero-order valence-electron chi connectivity index (χ0n) is 14.4. The molecule has 4 rings (SSSR count). The minimum absolute atomic E-state index is 0.0548. The van der Waals surface area contributed by atoms with Crippen molar-refractivity contribution in [2.24, 2.45) is 0 Å². The van der Waals surface area contributed by atoms with E-state index in [-0.39, 0.29) is 5.56 Å². The van der Waals surface area contributed by atoms with E-state index in [1.165, 1.54) is 5.56 Å². The SMILES string of the molecule is Cc1ccc(Cn2cnc3ccc(-c4ccc(N)nc4)cc3c2=O)cc1. The highest BCUT2D eigenvalue weighted by molar-refractivity contribution is 5.83. The van der Waals surface area contributed by atoms with Crippen molar-refractivity contribution in [2.75, 3.05) is 5.73 Å². The molecule has 5 nitrogen and oxygen atoms in total. The summed E-state index contributed by atoms with van der Waals surface area (Å²) in [6.07, 6.45) is 3.31. The largest absolute Gasteiger partial charge is 0.384 e. The molecule has 0 atom stereocenters. The molecule has 5 heteroatoms. The first-order valence-electron chi connectivity index (χ1n) is 8.37. The van der Waals surface area contributed by atoms with Gasteiger partial charge in [-0.25, -0.2) is 9.97 Å². The van der Waals surface area contributed by atoms with Gasteiger partial charge in [0, 0.05) is 11.8 Å². The van der Waals surface area contributed by atoms with Crippen LogP contribution in [0.2, 0.25) is 0 Å². The molecular formula is C21H18N4O. The van der Waals surface area contributed by atoms with Crippen LogP contribution in [-0.2, 0) is 6.54 Å². The average Bonchev–Trinajstić information content (AvgIpc) is 2.66. The number of rotatable bonds is 3. The first-order valence-corrected chi connectivity index (χ1v) is 8.37. The van der Waals surface area contributed by atoms with Crippen LogP contribution in [0.5, 0.6) is 0 Å². The lowest BCUT2D eigenvalue weighted by molar-refractivity contribution is 0.748. The summed E-state index contributed by atoms with van der Waals surface area (Å²) in [6.45, 7) is 2.54. The normalized spacial score (nSPS) is 11.0. The number of aromatic nitrogens is 3. The van der Waals surface area contributed by atoms with E-state index in [4.69, 9.17) is 5.73 Å². The minimum atomic E-state index is -0.0548. The van der Waals surface area contributed by atoms with Crippen LogP contribution in [0.4, 0.5) is 5.82 Å². The molecule has 4 aromatic rings. The third-order valence-electron chi connectivity index (χ3n) is 4.42. The highest BCUT2D eigenvalue weighted by atomic mass is 16.1. The lowest BCUT2D eigenvalue weighted by Gasteiger charge is -2.08. The number of hydrogen-bond donors (Lipinski definition) is 1. The van der Waals surface area contributed by atoms with Crippen molar-refractivity contribution in [3.8, 4) is 11.1 Å². The number of anilines is 1. The van der Waals surface area contributed by atoms with Gasteiger partial charge in [-0.2, -0.15) is 0 Å². The van der Waals surface area contributed by atoms with Crippen LogP contribution >= 0.6 is 0 Å². The van der Waals surface area contributed by atoms with Crippen LogP contribution in [0.1, 0.15) is 11.1 Å². The van der Waals surface area contributed by atoms with Crippen molar-refractivity contribution in [3.05, 3.63) is 88.6 Å². The molecule has 2 N–H and O–H groups in total. The molecule has 0 unspecified atom stereocenters. The van der Waals surface area contributed by atoms with Gasteiger partial charge in [-0.3, -0.25) is 9.36 Å². The summed E-state index contributed by atoms with van der Waals surface area (Å²) < 4.78 is 1.64. The molecule has 0 radical (unpaired) electrons. The van der Waals surface area contributed by atoms with E-state index in [1.807, 2.05) is 55.5 Å². The van der Waals surface area contributed by atoms with E-state index in [1.54, 1.807) is 23.2 Å². The van der Waals surface area contributed by atoms with Crippen LogP contribution in [0.25, 0.3) is 22.0 Å². The predicted molar refractivity (Wildman–Crippen MR) is 104 cm³/mol. The maximum atomic E-state index is 12.9. The first-order chi connectivity index (χ1) is 12.6. The zero-order chi connectivity index (χ0) is 18.1. The van der Waals surface area contributed by atoms with Gasteiger partial charge >= 0.3 is 0 Å². The molecule has 2 aromatic heterocycles. The number of benzene rings is 2. The lowest BCUT2D eigenvalue weighted by Crippen LogP contribution is -2.21. The van der Waals surface area contributed by atoms with Crippen molar-refractivity contribution in [3.63, 3.8) is 0 Å². The first kappa shape index (κ1) is 16.0. The zero-order valence-corrected chi connectivity index (χ0v) is 14.4. The molecule has 0 aliphatic carbocycles. The maximum absolute atomic E-state index is 12.9. The molecule has 0 spiro atoms. The third-order valence-corrected chi connectivity index (χ3v) is 4.42. The Bertz CT molecular complexity index is 1130. The smallest absolute Gasteiger partial charge is 0.261 e. The molecule has 128 valence electrons. The second-order valence-electron chi connectivity index (χ2n) is 6.37. The third kappa shape index (κ3) is 3.07. The molecule has 0 aliphatic rings. The van der Waals surface area contributed by atoms with Crippen LogP contribution in [0.3, 0.4) is 0 Å². The minimum Gasteiger partial charge on any atom is -0.384 e. The van der Waals surface area contributed by atoms with Crippen molar-refractivity contribution >= 4 is 16.7 Å². The molecule has 0 saturated carbocycles. The number of pyridine rings is 1. The number of nitrogen functional groups attached to an aromatic ring is 1. The Morgan fingerprint density at radius 2 is 1.73 bits per heavy atom. The van der Waals surface area contributed by atoms with Crippen molar-refractivity contribution in [1.82, 2.24) is 14.5 Å². The summed E-state index contributed by atoms with van der Waals surface area (Å²) in [7, 11) is 0. The van der Waals surface area contributed by atoms with Gasteiger partial charge in [0.05, 0.1) is 23.8 Å². The molecule has 26 heavy (non-hydrogen) atoms. The summed E-state index contributed by atoms with van der Waals surface area (Å²) in [5.74, 6) is 0.469. The molecule has 0 aliphatic heterocycles. The summed E-state index contributed by atoms with van der Waals surface area (Å²) >= 11 is 0. The quantitative estimate of drug-likeness (QED) is 0.619. The fourth-order valence-corrected chi connectivity index (χ4v) is 2.92. The molecule has 0 saturated heterocycles. The Morgan fingerprint density at radius 1 is 0.962 bits per heavy atom. The van der Waals surface area contributed by atoms with E-state index in [0.29, 0.717) is 23.3 Å². The molecule has 0 amide bonds. The highest BCUT2D eigenvalue weighted by Gasteiger charge is 2.07. The Kier molecular flexibility index (Phi) is 3.97. The second kappa shape index (κ2) is 6.44. The van der Waals surface area contributed by atoms with E-state index in [2.05, 4.69) is 9.97 Å². The molecule has 2 aromatic carbocycles. The predicted octanol–water partition coefficient (Wildman–Crippen LogP) is 3.40. The van der Waals surface area contributed by atoms with Gasteiger partial charge in [-0.15, -0.1) is 0 Å². The Hall–Kier alpha value is -3.47. The van der Waals surface area contributed by atoms with Gasteiger partial charge in [0.1, 0.15) is 5.82 Å². The van der Waals surface area contributed by atoms with E-state index in [9.17, 15) is 4.79 Å². The number of hydrogen-bond acceptors (Lipinski definition) is 4. The average molecular weight is 342 g/mol. The molecule has 2 heterocycles. The summed E-state index contributed by atoms with van der Waals surface area (Å²) in [5, 5.41) is 0.592. The van der Waals surface area contributed by atoms with Crippen LogP contribution in [0.15, 0.2) is 71.9 Å². The van der Waals surface area contributed by atoms with E-state index >= 15 is 0 Å². The molecule has 0 fully saturated rings. The number of fused-ring (bicyclic) bond motifs is 1. The van der Waals surface area contributed by atoms with Gasteiger partial charge in [0.25, 0.3) is 5.56 Å². The monoisotopic (exact) mass is 342 g/mol. The van der Waals surface area contributed by atoms with Crippen LogP contribution in [0, 0.1) is 6.92 Å². The summed E-state index contributed by atoms with van der Waals surface area (Å²) in [5.41, 5.74) is 10.4. The van der Waals surface area contributed by atoms with Crippen LogP contribution < -0.4 is 11.3 Å². The number of nitrogens with zero attached hydrogens (tertiary/aromatic N) is 3. The second-order valence-corrected chi connectivity index (χ2v) is 6.37. The van der Waals surface area contributed by atoms with Crippen molar-refractivity contribution in [2.45, 2.75) is 13.5 Å². The summed E-state index contributed by atoms with van der Waals surface area (Å²) in [4.78, 5) is 21.5. The highest BCUT2D eigenvalue weighted by Crippen LogP contribution is 2.22. The van der Waals surface area contributed by atoms with Gasteiger partial charge in [-0.05, 0) is 42.3 Å². The fraction of sp³-hybridized carbons (Fsp3) is 0.0952. The van der Waals surface area contributed by atoms with E-state index in [0.717, 1.165) is 16.7 Å².